The summed E-state index contributed by atoms with van der Waals surface area (Å²) in [4.78, 5) is 14.2. The second kappa shape index (κ2) is 9.60. The molecule has 28 heavy (non-hydrogen) atoms. The maximum Gasteiger partial charge on any atom is 0.260 e. The minimum Gasteiger partial charge on any atom is -0.490 e. The molecule has 2 heterocycles. The topological polar surface area (TPSA) is 84.9 Å². The number of rotatable bonds is 8. The highest BCUT2D eigenvalue weighted by atomic mass is 32.2. The highest BCUT2D eigenvalue weighted by molar-refractivity contribution is 7.91. The van der Waals surface area contributed by atoms with Gasteiger partial charge in [-0.25, -0.2) is 8.42 Å². The molecule has 1 atom stereocenters. The van der Waals surface area contributed by atoms with Crippen LogP contribution in [0.1, 0.15) is 38.2 Å². The minimum atomic E-state index is -2.89. The fourth-order valence-electron chi connectivity index (χ4n) is 3.64. The van der Waals surface area contributed by atoms with Crippen molar-refractivity contribution in [2.24, 2.45) is 0 Å². The SMILES string of the molecule is CCOc1cc(CN[C@H]2CCS(=O)(=O)C2)ccc1OCC(=O)N1CCCCC1. The first-order chi connectivity index (χ1) is 13.5. The molecule has 2 aliphatic heterocycles. The molecule has 2 saturated heterocycles. The van der Waals surface area contributed by atoms with Crippen LogP contribution in [0.15, 0.2) is 18.2 Å². The quantitative estimate of drug-likeness (QED) is 0.703. The Labute approximate surface area is 167 Å². The lowest BCUT2D eigenvalue weighted by Crippen LogP contribution is -2.38. The molecule has 7 nitrogen and oxygen atoms in total. The van der Waals surface area contributed by atoms with Gasteiger partial charge in [0.25, 0.3) is 5.91 Å². The van der Waals surface area contributed by atoms with E-state index in [1.54, 1.807) is 0 Å². The van der Waals surface area contributed by atoms with Gasteiger partial charge in [0, 0.05) is 25.7 Å². The molecule has 0 aromatic heterocycles. The summed E-state index contributed by atoms with van der Waals surface area (Å²) in [6, 6.07) is 5.62. The lowest BCUT2D eigenvalue weighted by Gasteiger charge is -2.26. The molecular weight excluding hydrogens is 380 g/mol. The monoisotopic (exact) mass is 410 g/mol. The Morgan fingerprint density at radius 1 is 1.18 bits per heavy atom. The predicted octanol–water partition coefficient (Wildman–Crippen LogP) is 1.75. The van der Waals surface area contributed by atoms with Crippen LogP contribution in [0.5, 0.6) is 11.5 Å². The molecule has 156 valence electrons. The summed E-state index contributed by atoms with van der Waals surface area (Å²) >= 11 is 0. The van der Waals surface area contributed by atoms with Crippen molar-refractivity contribution in [2.75, 3.05) is 37.8 Å². The Morgan fingerprint density at radius 3 is 2.64 bits per heavy atom. The number of carbonyl (C=O) groups excluding carboxylic acids is 1. The third-order valence-corrected chi connectivity index (χ3v) is 6.96. The number of hydrogen-bond donors (Lipinski definition) is 1. The Balaban J connectivity index is 1.56. The van der Waals surface area contributed by atoms with Crippen molar-refractivity contribution in [2.45, 2.75) is 45.2 Å². The van der Waals surface area contributed by atoms with E-state index >= 15 is 0 Å². The third-order valence-electron chi connectivity index (χ3n) is 5.20. The summed E-state index contributed by atoms with van der Waals surface area (Å²) in [6.07, 6.45) is 3.95. The number of sulfone groups is 1. The van der Waals surface area contributed by atoms with Crippen LogP contribution >= 0.6 is 0 Å². The van der Waals surface area contributed by atoms with Crippen LogP contribution in [-0.4, -0.2) is 63.1 Å². The van der Waals surface area contributed by atoms with Crippen molar-refractivity contribution in [3.05, 3.63) is 23.8 Å². The zero-order valence-electron chi connectivity index (χ0n) is 16.5. The smallest absolute Gasteiger partial charge is 0.260 e. The van der Waals surface area contributed by atoms with Gasteiger partial charge >= 0.3 is 0 Å². The molecule has 0 saturated carbocycles. The third kappa shape index (κ3) is 5.85. The van der Waals surface area contributed by atoms with Gasteiger partial charge in [-0.15, -0.1) is 0 Å². The molecule has 0 spiro atoms. The molecule has 1 amide bonds. The van der Waals surface area contributed by atoms with Gasteiger partial charge in [0.05, 0.1) is 18.1 Å². The average molecular weight is 411 g/mol. The number of amides is 1. The van der Waals surface area contributed by atoms with Crippen LogP contribution in [0, 0.1) is 0 Å². The molecule has 1 N–H and O–H groups in total. The number of carbonyl (C=O) groups is 1. The van der Waals surface area contributed by atoms with E-state index in [9.17, 15) is 13.2 Å². The highest BCUT2D eigenvalue weighted by Gasteiger charge is 2.27. The Kier molecular flexibility index (Phi) is 7.18. The predicted molar refractivity (Wildman–Crippen MR) is 107 cm³/mol. The maximum absolute atomic E-state index is 12.3. The van der Waals surface area contributed by atoms with E-state index in [1.165, 1.54) is 6.42 Å². The van der Waals surface area contributed by atoms with Crippen molar-refractivity contribution in [1.29, 1.82) is 0 Å². The minimum absolute atomic E-state index is 0.00126. The second-order valence-corrected chi connectivity index (χ2v) is 9.65. The summed E-state index contributed by atoms with van der Waals surface area (Å²) in [5.74, 6) is 1.62. The second-order valence-electron chi connectivity index (χ2n) is 7.43. The van der Waals surface area contributed by atoms with Crippen LogP contribution in [0.2, 0.25) is 0 Å². The van der Waals surface area contributed by atoms with Gasteiger partial charge in [0.15, 0.2) is 27.9 Å². The first kappa shape index (κ1) is 20.9. The van der Waals surface area contributed by atoms with Crippen molar-refractivity contribution in [3.8, 4) is 11.5 Å². The van der Waals surface area contributed by atoms with Gasteiger partial charge < -0.3 is 19.7 Å². The largest absolute Gasteiger partial charge is 0.490 e. The average Bonchev–Trinajstić information content (AvgIpc) is 3.05. The molecule has 3 rings (SSSR count). The molecular formula is C20H30N2O5S. The molecule has 1 aromatic rings. The first-order valence-corrected chi connectivity index (χ1v) is 11.9. The van der Waals surface area contributed by atoms with Gasteiger partial charge in [0.2, 0.25) is 0 Å². The number of piperidine rings is 1. The maximum atomic E-state index is 12.3. The lowest BCUT2D eigenvalue weighted by molar-refractivity contribution is -0.134. The van der Waals surface area contributed by atoms with Crippen LogP contribution in [0.25, 0.3) is 0 Å². The first-order valence-electron chi connectivity index (χ1n) is 10.1. The van der Waals surface area contributed by atoms with E-state index < -0.39 is 9.84 Å². The fraction of sp³-hybridized carbons (Fsp3) is 0.650. The standard InChI is InChI=1S/C20H30N2O5S/c1-2-26-19-12-16(13-21-17-8-11-28(24,25)15-17)6-7-18(19)27-14-20(23)22-9-4-3-5-10-22/h6-7,12,17,21H,2-5,8-11,13-15H2,1H3/t17-/m0/s1. The van der Waals surface area contributed by atoms with Crippen molar-refractivity contribution in [3.63, 3.8) is 0 Å². The van der Waals surface area contributed by atoms with Crippen LogP contribution in [-0.2, 0) is 21.2 Å². The van der Waals surface area contributed by atoms with Crippen LogP contribution in [0.4, 0.5) is 0 Å². The van der Waals surface area contributed by atoms with E-state index in [0.717, 1.165) is 31.5 Å². The number of nitrogens with zero attached hydrogens (tertiary/aromatic N) is 1. The molecule has 1 aromatic carbocycles. The number of likely N-dealkylation sites (tertiary alicyclic amines) is 1. The van der Waals surface area contributed by atoms with E-state index in [0.29, 0.717) is 31.1 Å². The molecule has 2 fully saturated rings. The summed E-state index contributed by atoms with van der Waals surface area (Å²) in [5, 5.41) is 3.30. The van der Waals surface area contributed by atoms with Crippen LogP contribution in [0.3, 0.4) is 0 Å². The summed E-state index contributed by atoms with van der Waals surface area (Å²) in [6.45, 7) is 4.58. The van der Waals surface area contributed by atoms with Crippen molar-refractivity contribution < 1.29 is 22.7 Å². The van der Waals surface area contributed by atoms with Gasteiger partial charge in [0.1, 0.15) is 0 Å². The molecule has 0 aliphatic carbocycles. The van der Waals surface area contributed by atoms with E-state index in [1.807, 2.05) is 30.0 Å². The molecule has 2 aliphatic rings. The van der Waals surface area contributed by atoms with Gasteiger partial charge in [-0.05, 0) is 50.3 Å². The number of benzene rings is 1. The Morgan fingerprint density at radius 2 is 1.96 bits per heavy atom. The molecule has 0 bridgehead atoms. The Hall–Kier alpha value is -1.80. The fourth-order valence-corrected chi connectivity index (χ4v) is 5.35. The van der Waals surface area contributed by atoms with Gasteiger partial charge in [-0.3, -0.25) is 4.79 Å². The van der Waals surface area contributed by atoms with E-state index in [-0.39, 0.29) is 30.1 Å². The summed E-state index contributed by atoms with van der Waals surface area (Å²) < 4.78 is 34.6. The molecule has 0 radical (unpaired) electrons. The highest BCUT2D eigenvalue weighted by Crippen LogP contribution is 2.29. The lowest BCUT2D eigenvalue weighted by atomic mass is 10.1. The number of ether oxygens (including phenoxy) is 2. The normalized spacial score (nSPS) is 21.5. The summed E-state index contributed by atoms with van der Waals surface area (Å²) in [5.41, 5.74) is 0.988. The van der Waals surface area contributed by atoms with Gasteiger partial charge in [-0.1, -0.05) is 6.07 Å². The van der Waals surface area contributed by atoms with E-state index in [4.69, 9.17) is 9.47 Å². The van der Waals surface area contributed by atoms with E-state index in [2.05, 4.69) is 5.32 Å². The van der Waals surface area contributed by atoms with Crippen LogP contribution < -0.4 is 14.8 Å². The number of nitrogens with one attached hydrogen (secondary N) is 1. The zero-order chi connectivity index (χ0) is 20.0. The zero-order valence-corrected chi connectivity index (χ0v) is 17.3. The number of hydrogen-bond acceptors (Lipinski definition) is 6. The van der Waals surface area contributed by atoms with Crippen molar-refractivity contribution in [1.82, 2.24) is 10.2 Å². The molecule has 0 unspecified atom stereocenters. The Bertz CT molecular complexity index is 775. The summed E-state index contributed by atoms with van der Waals surface area (Å²) in [7, 11) is -2.89. The molecule has 8 heteroatoms. The van der Waals surface area contributed by atoms with Gasteiger partial charge in [-0.2, -0.15) is 0 Å². The van der Waals surface area contributed by atoms with Crippen molar-refractivity contribution >= 4 is 15.7 Å².